The number of hydrogen-bond donors (Lipinski definition) is 1. The summed E-state index contributed by atoms with van der Waals surface area (Å²) in [5.41, 5.74) is 0.519. The van der Waals surface area contributed by atoms with Gasteiger partial charge in [-0.25, -0.2) is 0 Å². The van der Waals surface area contributed by atoms with E-state index < -0.39 is 0 Å². The molecule has 4 nitrogen and oxygen atoms in total. The minimum Gasteiger partial charge on any atom is -0.356 e. The molecule has 1 atom stereocenters. The van der Waals surface area contributed by atoms with Crippen molar-refractivity contribution in [2.24, 2.45) is 16.3 Å². The van der Waals surface area contributed by atoms with Crippen molar-refractivity contribution in [3.8, 4) is 0 Å². The molecule has 0 spiro atoms. The van der Waals surface area contributed by atoms with Crippen molar-refractivity contribution >= 4 is 29.9 Å². The van der Waals surface area contributed by atoms with Gasteiger partial charge in [0.05, 0.1) is 0 Å². The molecule has 0 amide bonds. The van der Waals surface area contributed by atoms with Crippen molar-refractivity contribution in [2.45, 2.75) is 39.5 Å². The van der Waals surface area contributed by atoms with Crippen molar-refractivity contribution in [1.29, 1.82) is 0 Å². The Hall–Kier alpha value is -0.0400. The van der Waals surface area contributed by atoms with Gasteiger partial charge < -0.3 is 15.1 Å². The highest BCUT2D eigenvalue weighted by Crippen LogP contribution is 2.36. The Kier molecular flexibility index (Phi) is 7.74. The molecule has 2 aliphatic rings. The second-order valence-electron chi connectivity index (χ2n) is 6.72. The van der Waals surface area contributed by atoms with Crippen LogP contribution in [0.25, 0.3) is 0 Å². The molecule has 2 saturated heterocycles. The van der Waals surface area contributed by atoms with Crippen molar-refractivity contribution in [3.63, 3.8) is 0 Å². The summed E-state index contributed by atoms with van der Waals surface area (Å²) >= 11 is 0. The van der Waals surface area contributed by atoms with Crippen LogP contribution in [0.1, 0.15) is 39.5 Å². The van der Waals surface area contributed by atoms with E-state index in [9.17, 15) is 0 Å². The van der Waals surface area contributed by atoms with E-state index in [4.69, 9.17) is 0 Å². The molecule has 2 fully saturated rings. The van der Waals surface area contributed by atoms with E-state index in [1.165, 1.54) is 45.3 Å². The summed E-state index contributed by atoms with van der Waals surface area (Å²) in [6.07, 6.45) is 5.19. The molecular weight excluding hydrogens is 375 g/mol. The summed E-state index contributed by atoms with van der Waals surface area (Å²) in [5, 5.41) is 3.61. The molecule has 0 saturated carbocycles. The van der Waals surface area contributed by atoms with Crippen molar-refractivity contribution < 1.29 is 0 Å². The van der Waals surface area contributed by atoms with Crippen LogP contribution in [-0.4, -0.2) is 62.6 Å². The van der Waals surface area contributed by atoms with E-state index in [-0.39, 0.29) is 24.0 Å². The van der Waals surface area contributed by atoms with E-state index in [0.29, 0.717) is 5.41 Å². The minimum absolute atomic E-state index is 0. The van der Waals surface area contributed by atoms with Gasteiger partial charge in [-0.15, -0.1) is 24.0 Å². The lowest BCUT2D eigenvalue weighted by Crippen LogP contribution is -2.43. The number of likely N-dealkylation sites (tertiary alicyclic amines) is 2. The molecule has 0 radical (unpaired) electrons. The Labute approximate surface area is 147 Å². The van der Waals surface area contributed by atoms with Crippen molar-refractivity contribution in [2.75, 3.05) is 46.8 Å². The fourth-order valence-corrected chi connectivity index (χ4v) is 3.70. The Morgan fingerprint density at radius 1 is 1.29 bits per heavy atom. The molecule has 2 aliphatic heterocycles. The highest BCUT2D eigenvalue weighted by atomic mass is 127. The third-order valence-corrected chi connectivity index (χ3v) is 5.49. The van der Waals surface area contributed by atoms with Gasteiger partial charge in [0.1, 0.15) is 0 Å². The number of nitrogens with zero attached hydrogens (tertiary/aromatic N) is 3. The molecule has 0 aromatic heterocycles. The number of rotatable bonds is 4. The Morgan fingerprint density at radius 3 is 2.48 bits per heavy atom. The lowest BCUT2D eigenvalue weighted by Gasteiger charge is -2.28. The second kappa shape index (κ2) is 8.56. The average Bonchev–Trinajstić information content (AvgIpc) is 3.07. The quantitative estimate of drug-likeness (QED) is 0.441. The Bertz CT molecular complexity index is 341. The number of guanidine groups is 1. The van der Waals surface area contributed by atoms with Crippen molar-refractivity contribution in [3.05, 3.63) is 0 Å². The fourth-order valence-electron chi connectivity index (χ4n) is 3.70. The van der Waals surface area contributed by atoms with Crippen LogP contribution in [0.3, 0.4) is 0 Å². The highest BCUT2D eigenvalue weighted by Gasteiger charge is 2.36. The molecule has 2 heterocycles. The second-order valence-corrected chi connectivity index (χ2v) is 6.72. The van der Waals surface area contributed by atoms with Gasteiger partial charge in [-0.3, -0.25) is 4.99 Å². The van der Waals surface area contributed by atoms with Crippen LogP contribution in [0.4, 0.5) is 0 Å². The molecule has 1 N–H and O–H groups in total. The van der Waals surface area contributed by atoms with Crippen LogP contribution in [0, 0.1) is 11.3 Å². The highest BCUT2D eigenvalue weighted by molar-refractivity contribution is 14.0. The predicted molar refractivity (Wildman–Crippen MR) is 102 cm³/mol. The van der Waals surface area contributed by atoms with Crippen LogP contribution in [0.15, 0.2) is 4.99 Å². The monoisotopic (exact) mass is 408 g/mol. The van der Waals surface area contributed by atoms with Gasteiger partial charge in [0.25, 0.3) is 0 Å². The molecular formula is C16H33IN4. The first-order chi connectivity index (χ1) is 9.62. The fraction of sp³-hybridized carbons (Fsp3) is 0.938. The van der Waals surface area contributed by atoms with Gasteiger partial charge in [-0.1, -0.05) is 13.8 Å². The van der Waals surface area contributed by atoms with E-state index in [1.807, 2.05) is 7.05 Å². The average molecular weight is 408 g/mol. The first kappa shape index (κ1) is 19.0. The van der Waals surface area contributed by atoms with Crippen LogP contribution in [0.5, 0.6) is 0 Å². The molecule has 124 valence electrons. The van der Waals surface area contributed by atoms with Gasteiger partial charge in [0.2, 0.25) is 0 Å². The Balaban J connectivity index is 0.00000220. The zero-order valence-corrected chi connectivity index (χ0v) is 16.5. The molecule has 0 aromatic rings. The largest absolute Gasteiger partial charge is 0.356 e. The lowest BCUT2D eigenvalue weighted by atomic mass is 9.82. The summed E-state index contributed by atoms with van der Waals surface area (Å²) < 4.78 is 0. The standard InChI is InChI=1S/C16H32N4.HI/c1-5-16(6-2)8-10-20(13-16)15(17-3)18-11-14-7-9-19(4)12-14;/h14H,5-13H2,1-4H3,(H,17,18);1H. The number of nitrogens with one attached hydrogen (secondary N) is 1. The summed E-state index contributed by atoms with van der Waals surface area (Å²) in [7, 11) is 4.13. The van der Waals surface area contributed by atoms with E-state index in [0.717, 1.165) is 25.0 Å². The van der Waals surface area contributed by atoms with Gasteiger partial charge in [-0.05, 0) is 50.6 Å². The number of halogens is 1. The summed E-state index contributed by atoms with van der Waals surface area (Å²) in [5.74, 6) is 1.89. The molecule has 21 heavy (non-hydrogen) atoms. The van der Waals surface area contributed by atoms with E-state index in [1.54, 1.807) is 0 Å². The minimum atomic E-state index is 0. The predicted octanol–water partition coefficient (Wildman–Crippen LogP) is 2.64. The Morgan fingerprint density at radius 2 is 2.00 bits per heavy atom. The summed E-state index contributed by atoms with van der Waals surface area (Å²) in [6.45, 7) is 10.5. The molecule has 1 unspecified atom stereocenters. The van der Waals surface area contributed by atoms with Gasteiger partial charge >= 0.3 is 0 Å². The van der Waals surface area contributed by atoms with E-state index in [2.05, 4.69) is 41.0 Å². The van der Waals surface area contributed by atoms with Crippen LogP contribution in [-0.2, 0) is 0 Å². The first-order valence-corrected chi connectivity index (χ1v) is 8.26. The van der Waals surface area contributed by atoms with Gasteiger partial charge in [0, 0.05) is 33.2 Å². The molecule has 0 aliphatic carbocycles. The maximum absolute atomic E-state index is 4.50. The van der Waals surface area contributed by atoms with Gasteiger partial charge in [0.15, 0.2) is 5.96 Å². The van der Waals surface area contributed by atoms with Crippen LogP contribution in [0.2, 0.25) is 0 Å². The summed E-state index contributed by atoms with van der Waals surface area (Å²) in [6, 6.07) is 0. The first-order valence-electron chi connectivity index (χ1n) is 8.26. The lowest BCUT2D eigenvalue weighted by molar-refractivity contribution is 0.275. The summed E-state index contributed by atoms with van der Waals surface area (Å²) in [4.78, 5) is 9.39. The molecule has 0 bridgehead atoms. The number of aliphatic imine (C=N–C) groups is 1. The normalized spacial score (nSPS) is 26.0. The van der Waals surface area contributed by atoms with Crippen molar-refractivity contribution in [1.82, 2.24) is 15.1 Å². The molecule has 0 aromatic carbocycles. The van der Waals surface area contributed by atoms with Gasteiger partial charge in [-0.2, -0.15) is 0 Å². The third kappa shape index (κ3) is 4.71. The zero-order chi connectivity index (χ0) is 14.6. The molecule has 2 rings (SSSR count). The zero-order valence-electron chi connectivity index (χ0n) is 14.2. The smallest absolute Gasteiger partial charge is 0.193 e. The SMILES string of the molecule is CCC1(CC)CCN(C(=NC)NCC2CCN(C)C2)C1.I. The van der Waals surface area contributed by atoms with Crippen LogP contribution < -0.4 is 5.32 Å². The van der Waals surface area contributed by atoms with Crippen LogP contribution >= 0.6 is 24.0 Å². The third-order valence-electron chi connectivity index (χ3n) is 5.49. The molecule has 5 heteroatoms. The topological polar surface area (TPSA) is 30.9 Å². The maximum atomic E-state index is 4.50. The van der Waals surface area contributed by atoms with E-state index >= 15 is 0 Å². The maximum Gasteiger partial charge on any atom is 0.193 e. The number of hydrogen-bond acceptors (Lipinski definition) is 2.